The van der Waals surface area contributed by atoms with Gasteiger partial charge in [0.2, 0.25) is 5.95 Å². The molecule has 2 aromatic rings. The summed E-state index contributed by atoms with van der Waals surface area (Å²) < 4.78 is 10.5. The predicted molar refractivity (Wildman–Crippen MR) is 66.2 cm³/mol. The molecular formula is C11H10N4O4. The van der Waals surface area contributed by atoms with E-state index in [1.54, 1.807) is 24.3 Å². The Hall–Kier alpha value is -2.90. The minimum atomic E-state index is -0.649. The third-order valence-electron chi connectivity index (χ3n) is 2.23. The molecule has 8 nitrogen and oxygen atoms in total. The molecule has 19 heavy (non-hydrogen) atoms. The number of anilines is 1. The van der Waals surface area contributed by atoms with E-state index in [-0.39, 0.29) is 17.5 Å². The maximum atomic E-state index is 10.9. The Morgan fingerprint density at radius 3 is 2.63 bits per heavy atom. The first-order chi connectivity index (χ1) is 9.11. The number of para-hydroxylation sites is 2. The van der Waals surface area contributed by atoms with Crippen molar-refractivity contribution < 1.29 is 14.4 Å². The summed E-state index contributed by atoms with van der Waals surface area (Å²) in [5.74, 6) is 0.373. The third kappa shape index (κ3) is 2.68. The van der Waals surface area contributed by atoms with Crippen LogP contribution in [0.2, 0.25) is 0 Å². The van der Waals surface area contributed by atoms with Crippen molar-refractivity contribution >= 4 is 11.6 Å². The van der Waals surface area contributed by atoms with Gasteiger partial charge in [0.05, 0.1) is 12.0 Å². The largest absolute Gasteiger partial charge is 0.493 e. The highest BCUT2D eigenvalue weighted by molar-refractivity contribution is 5.47. The van der Waals surface area contributed by atoms with Gasteiger partial charge in [0.25, 0.3) is 0 Å². The number of methoxy groups -OCH3 is 1. The maximum absolute atomic E-state index is 10.9. The van der Waals surface area contributed by atoms with Crippen LogP contribution in [0.15, 0.2) is 30.5 Å². The van der Waals surface area contributed by atoms with Crippen LogP contribution >= 0.6 is 0 Å². The molecule has 98 valence electrons. The lowest BCUT2D eigenvalue weighted by molar-refractivity contribution is -0.386. The molecule has 2 N–H and O–H groups in total. The first-order valence-electron chi connectivity index (χ1n) is 5.19. The van der Waals surface area contributed by atoms with Gasteiger partial charge in [-0.1, -0.05) is 12.1 Å². The quantitative estimate of drug-likeness (QED) is 0.659. The molecule has 0 fully saturated rings. The Labute approximate surface area is 108 Å². The zero-order valence-electron chi connectivity index (χ0n) is 9.94. The first-order valence-corrected chi connectivity index (χ1v) is 5.19. The van der Waals surface area contributed by atoms with Crippen LogP contribution in [0.4, 0.5) is 11.6 Å². The van der Waals surface area contributed by atoms with Gasteiger partial charge in [0.1, 0.15) is 6.20 Å². The molecule has 1 aromatic carbocycles. The van der Waals surface area contributed by atoms with Gasteiger partial charge in [0.15, 0.2) is 11.5 Å². The minimum absolute atomic E-state index is 0.115. The van der Waals surface area contributed by atoms with Crippen molar-refractivity contribution in [3.63, 3.8) is 0 Å². The number of ether oxygens (including phenoxy) is 2. The molecule has 0 aliphatic carbocycles. The van der Waals surface area contributed by atoms with Crippen LogP contribution in [0.1, 0.15) is 0 Å². The predicted octanol–water partition coefficient (Wildman–Crippen LogP) is 1.77. The van der Waals surface area contributed by atoms with E-state index in [9.17, 15) is 10.1 Å². The number of nitrogens with zero attached hydrogens (tertiary/aromatic N) is 3. The molecule has 0 radical (unpaired) electrons. The first kappa shape index (κ1) is 12.6. The normalized spacial score (nSPS) is 9.95. The number of aromatic nitrogens is 2. The van der Waals surface area contributed by atoms with Crippen molar-refractivity contribution in [2.75, 3.05) is 12.8 Å². The van der Waals surface area contributed by atoms with E-state index in [2.05, 4.69) is 9.97 Å². The van der Waals surface area contributed by atoms with E-state index in [0.717, 1.165) is 6.20 Å². The van der Waals surface area contributed by atoms with Gasteiger partial charge in [-0.25, -0.2) is 4.98 Å². The van der Waals surface area contributed by atoms with Crippen molar-refractivity contribution in [3.05, 3.63) is 40.6 Å². The molecule has 0 unspecified atom stereocenters. The van der Waals surface area contributed by atoms with E-state index in [1.807, 2.05) is 0 Å². The second-order valence-electron chi connectivity index (χ2n) is 3.43. The lowest BCUT2D eigenvalue weighted by Crippen LogP contribution is -2.02. The molecule has 0 atom stereocenters. The van der Waals surface area contributed by atoms with Crippen LogP contribution in [0.5, 0.6) is 17.4 Å². The molecule has 1 heterocycles. The summed E-state index contributed by atoms with van der Waals surface area (Å²) in [6.45, 7) is 0. The second kappa shape index (κ2) is 5.17. The molecule has 0 bridgehead atoms. The summed E-state index contributed by atoms with van der Waals surface area (Å²) >= 11 is 0. The van der Waals surface area contributed by atoms with E-state index < -0.39 is 4.92 Å². The average Bonchev–Trinajstić information content (AvgIpc) is 2.39. The summed E-state index contributed by atoms with van der Waals surface area (Å²) in [5, 5.41) is 10.9. The van der Waals surface area contributed by atoms with Crippen LogP contribution in [-0.2, 0) is 0 Å². The van der Waals surface area contributed by atoms with Crippen molar-refractivity contribution in [2.45, 2.75) is 0 Å². The van der Waals surface area contributed by atoms with Gasteiger partial charge >= 0.3 is 11.6 Å². The Morgan fingerprint density at radius 2 is 2.00 bits per heavy atom. The number of hydrogen-bond acceptors (Lipinski definition) is 7. The molecule has 0 amide bonds. The molecule has 0 aliphatic heterocycles. The monoisotopic (exact) mass is 262 g/mol. The zero-order chi connectivity index (χ0) is 13.8. The van der Waals surface area contributed by atoms with Crippen molar-refractivity contribution in [1.82, 2.24) is 9.97 Å². The van der Waals surface area contributed by atoms with E-state index in [0.29, 0.717) is 11.5 Å². The van der Waals surface area contributed by atoms with Crippen LogP contribution in [-0.4, -0.2) is 22.0 Å². The number of nitrogens with two attached hydrogens (primary N) is 1. The Balaban J connectivity index is 2.42. The Morgan fingerprint density at radius 1 is 1.32 bits per heavy atom. The molecular weight excluding hydrogens is 252 g/mol. The molecule has 1 aromatic heterocycles. The maximum Gasteiger partial charge on any atom is 0.349 e. The van der Waals surface area contributed by atoms with Crippen molar-refractivity contribution in [1.29, 1.82) is 0 Å². The van der Waals surface area contributed by atoms with E-state index in [4.69, 9.17) is 15.2 Å². The summed E-state index contributed by atoms with van der Waals surface area (Å²) in [6, 6.07) is 6.70. The number of nitro groups is 1. The summed E-state index contributed by atoms with van der Waals surface area (Å²) in [7, 11) is 1.46. The van der Waals surface area contributed by atoms with E-state index >= 15 is 0 Å². The lowest BCUT2D eigenvalue weighted by Gasteiger charge is -2.09. The fraction of sp³-hybridized carbons (Fsp3) is 0.0909. The fourth-order valence-corrected chi connectivity index (χ4v) is 1.38. The SMILES string of the molecule is COc1ccccc1Oc1nc(N)ncc1[N+](=O)[O-]. The molecule has 0 aliphatic rings. The third-order valence-corrected chi connectivity index (χ3v) is 2.23. The summed E-state index contributed by atoms with van der Waals surface area (Å²) in [4.78, 5) is 17.5. The fourth-order valence-electron chi connectivity index (χ4n) is 1.38. The smallest absolute Gasteiger partial charge is 0.349 e. The van der Waals surface area contributed by atoms with Crippen LogP contribution in [0.3, 0.4) is 0 Å². The number of benzene rings is 1. The Kier molecular flexibility index (Phi) is 3.42. The summed E-state index contributed by atoms with van der Waals surface area (Å²) in [5.41, 5.74) is 5.02. The highest BCUT2D eigenvalue weighted by Crippen LogP contribution is 2.34. The van der Waals surface area contributed by atoms with Crippen LogP contribution in [0, 0.1) is 10.1 Å². The van der Waals surface area contributed by atoms with Gasteiger partial charge in [-0.15, -0.1) is 0 Å². The van der Waals surface area contributed by atoms with Gasteiger partial charge < -0.3 is 15.2 Å². The van der Waals surface area contributed by atoms with Gasteiger partial charge in [0, 0.05) is 0 Å². The molecule has 0 saturated heterocycles. The number of rotatable bonds is 4. The molecule has 8 heteroatoms. The number of nitrogen functional groups attached to an aromatic ring is 1. The second-order valence-corrected chi connectivity index (χ2v) is 3.43. The molecule has 0 spiro atoms. The highest BCUT2D eigenvalue weighted by atomic mass is 16.6. The van der Waals surface area contributed by atoms with Gasteiger partial charge in [-0.2, -0.15) is 4.98 Å². The molecule has 0 saturated carbocycles. The number of hydrogen-bond donors (Lipinski definition) is 1. The summed E-state index contributed by atoms with van der Waals surface area (Å²) in [6.07, 6.45) is 0.993. The highest BCUT2D eigenvalue weighted by Gasteiger charge is 2.20. The standard InChI is InChI=1S/C11H10N4O4/c1-18-8-4-2-3-5-9(8)19-10-7(15(16)17)6-13-11(12)14-10/h2-6H,1H3,(H2,12,13,14). The van der Waals surface area contributed by atoms with Crippen LogP contribution in [0.25, 0.3) is 0 Å². The molecule has 2 rings (SSSR count). The zero-order valence-corrected chi connectivity index (χ0v) is 9.94. The van der Waals surface area contributed by atoms with E-state index in [1.165, 1.54) is 7.11 Å². The average molecular weight is 262 g/mol. The Bertz CT molecular complexity index is 617. The topological polar surface area (TPSA) is 113 Å². The van der Waals surface area contributed by atoms with Gasteiger partial charge in [-0.05, 0) is 12.1 Å². The minimum Gasteiger partial charge on any atom is -0.493 e. The van der Waals surface area contributed by atoms with Crippen molar-refractivity contribution in [3.8, 4) is 17.4 Å². The lowest BCUT2D eigenvalue weighted by atomic mass is 10.3. The van der Waals surface area contributed by atoms with Crippen molar-refractivity contribution in [2.24, 2.45) is 0 Å². The van der Waals surface area contributed by atoms with Crippen LogP contribution < -0.4 is 15.2 Å². The van der Waals surface area contributed by atoms with Gasteiger partial charge in [-0.3, -0.25) is 10.1 Å².